The molecule has 2 rings (SSSR count). The standard InChI is InChI=1S/C13H10Cl2F5N2O/c1-22(7-6-10(21-22)12(14,15)18)8-4-2-3-5-9(8)23-13(19,20)11(16)17/h2-7,11H,1H3/q+1. The second-order valence-corrected chi connectivity index (χ2v) is 5.99. The molecule has 0 fully saturated rings. The predicted molar refractivity (Wildman–Crippen MR) is 77.9 cm³/mol. The van der Waals surface area contributed by atoms with Crippen LogP contribution in [-0.4, -0.2) is 29.9 Å². The Bertz CT molecular complexity index is 660. The van der Waals surface area contributed by atoms with Crippen molar-refractivity contribution in [2.45, 2.75) is 17.1 Å². The van der Waals surface area contributed by atoms with Crippen molar-refractivity contribution in [3.63, 3.8) is 0 Å². The second-order valence-electron chi connectivity index (χ2n) is 4.76. The van der Waals surface area contributed by atoms with E-state index < -0.39 is 27.5 Å². The van der Waals surface area contributed by atoms with Crippen LogP contribution in [0.3, 0.4) is 0 Å². The van der Waals surface area contributed by atoms with Crippen LogP contribution >= 0.6 is 23.2 Å². The fourth-order valence-electron chi connectivity index (χ4n) is 1.90. The molecule has 0 saturated heterocycles. The van der Waals surface area contributed by atoms with Gasteiger partial charge in [-0.15, -0.1) is 4.59 Å². The average molecular weight is 376 g/mol. The molecular formula is C13H10Cl2F5N2O+. The van der Waals surface area contributed by atoms with Crippen LogP contribution in [0.15, 0.2) is 41.6 Å². The predicted octanol–water partition coefficient (Wildman–Crippen LogP) is 4.84. The molecule has 0 saturated carbocycles. The van der Waals surface area contributed by atoms with Crippen molar-refractivity contribution in [2.24, 2.45) is 5.10 Å². The number of halogens is 7. The Kier molecular flexibility index (Phi) is 4.62. The van der Waals surface area contributed by atoms with Crippen molar-refractivity contribution in [3.05, 3.63) is 36.5 Å². The quantitative estimate of drug-likeness (QED) is 0.409. The minimum absolute atomic E-state index is 0.0309. The van der Waals surface area contributed by atoms with E-state index in [0.717, 1.165) is 12.1 Å². The summed E-state index contributed by atoms with van der Waals surface area (Å²) >= 11 is 10.6. The Hall–Kier alpha value is -1.38. The highest BCUT2D eigenvalue weighted by molar-refractivity contribution is 6.58. The molecule has 1 atom stereocenters. The van der Waals surface area contributed by atoms with Gasteiger partial charge in [0.05, 0.1) is 0 Å². The molecule has 23 heavy (non-hydrogen) atoms. The van der Waals surface area contributed by atoms with Crippen LogP contribution in [0.2, 0.25) is 0 Å². The van der Waals surface area contributed by atoms with Gasteiger partial charge in [0.1, 0.15) is 13.2 Å². The molecule has 1 aromatic rings. The first-order valence-corrected chi connectivity index (χ1v) is 6.89. The minimum Gasteiger partial charge on any atom is -0.422 e. The SMILES string of the molecule is C[N+]1(c2ccccc2OC(F)(F)C(F)F)C=CC(C(F)(Cl)Cl)=N1. The van der Waals surface area contributed by atoms with Gasteiger partial charge in [-0.1, -0.05) is 40.4 Å². The van der Waals surface area contributed by atoms with Gasteiger partial charge >= 0.3 is 17.1 Å². The molecule has 1 aliphatic rings. The van der Waals surface area contributed by atoms with Crippen molar-refractivity contribution in [3.8, 4) is 5.75 Å². The number of nitrogens with zero attached hydrogens (tertiary/aromatic N) is 2. The topological polar surface area (TPSA) is 21.6 Å². The summed E-state index contributed by atoms with van der Waals surface area (Å²) in [5, 5.41) is 3.89. The summed E-state index contributed by atoms with van der Waals surface area (Å²) in [6.45, 7) is 0. The van der Waals surface area contributed by atoms with E-state index in [1.807, 2.05) is 0 Å². The molecule has 3 nitrogen and oxygen atoms in total. The minimum atomic E-state index is -4.69. The molecule has 0 radical (unpaired) electrons. The Morgan fingerprint density at radius 1 is 1.17 bits per heavy atom. The average Bonchev–Trinajstić information content (AvgIpc) is 2.82. The van der Waals surface area contributed by atoms with Gasteiger partial charge in [0.15, 0.2) is 11.5 Å². The third-order valence-electron chi connectivity index (χ3n) is 2.98. The van der Waals surface area contributed by atoms with E-state index in [2.05, 4.69) is 9.84 Å². The first-order chi connectivity index (χ1) is 10.5. The fraction of sp³-hybridized carbons (Fsp3) is 0.308. The summed E-state index contributed by atoms with van der Waals surface area (Å²) in [5.41, 5.74) is -0.393. The van der Waals surface area contributed by atoms with E-state index in [0.29, 0.717) is 0 Å². The van der Waals surface area contributed by atoms with Gasteiger partial charge < -0.3 is 4.74 Å². The lowest BCUT2D eigenvalue weighted by atomic mass is 10.2. The number of hydrogen-bond acceptors (Lipinski definition) is 2. The van der Waals surface area contributed by atoms with E-state index in [9.17, 15) is 22.0 Å². The third-order valence-corrected chi connectivity index (χ3v) is 3.37. The number of quaternary nitrogens is 1. The number of hydrogen-bond donors (Lipinski definition) is 0. The number of benzene rings is 1. The summed E-state index contributed by atoms with van der Waals surface area (Å²) in [6, 6.07) is 5.16. The largest absolute Gasteiger partial charge is 0.461 e. The van der Waals surface area contributed by atoms with Crippen LogP contribution in [0.25, 0.3) is 0 Å². The van der Waals surface area contributed by atoms with Crippen molar-refractivity contribution >= 4 is 34.6 Å². The summed E-state index contributed by atoms with van der Waals surface area (Å²) < 4.78 is 65.2. The molecule has 0 N–H and O–H groups in total. The van der Waals surface area contributed by atoms with E-state index in [1.54, 1.807) is 0 Å². The van der Waals surface area contributed by atoms with Crippen LogP contribution in [0.5, 0.6) is 5.75 Å². The third kappa shape index (κ3) is 3.76. The molecule has 0 aromatic heterocycles. The van der Waals surface area contributed by atoms with Gasteiger partial charge in [-0.25, -0.2) is 4.39 Å². The van der Waals surface area contributed by atoms with Gasteiger partial charge in [0.25, 0.3) is 0 Å². The maximum absolute atomic E-state index is 13.5. The van der Waals surface area contributed by atoms with Gasteiger partial charge in [0, 0.05) is 12.1 Å². The molecular weight excluding hydrogens is 366 g/mol. The number of rotatable bonds is 5. The number of ether oxygens (including phenoxy) is 1. The van der Waals surface area contributed by atoms with Crippen molar-refractivity contribution in [1.29, 1.82) is 0 Å². The van der Waals surface area contributed by atoms with Crippen molar-refractivity contribution in [1.82, 2.24) is 4.59 Å². The summed E-state index contributed by atoms with van der Waals surface area (Å²) in [5.74, 6) is -0.538. The molecule has 0 spiro atoms. The van der Waals surface area contributed by atoms with E-state index >= 15 is 0 Å². The van der Waals surface area contributed by atoms with Gasteiger partial charge in [-0.05, 0) is 6.07 Å². The fourth-order valence-corrected chi connectivity index (χ4v) is 2.10. The highest BCUT2D eigenvalue weighted by atomic mass is 35.5. The molecule has 10 heteroatoms. The van der Waals surface area contributed by atoms with E-state index in [-0.39, 0.29) is 11.4 Å². The van der Waals surface area contributed by atoms with Crippen molar-refractivity contribution < 1.29 is 26.7 Å². The van der Waals surface area contributed by atoms with Crippen LogP contribution in [-0.2, 0) is 0 Å². The molecule has 0 amide bonds. The maximum atomic E-state index is 13.5. The van der Waals surface area contributed by atoms with Crippen molar-refractivity contribution in [2.75, 3.05) is 7.05 Å². The summed E-state index contributed by atoms with van der Waals surface area (Å²) in [4.78, 5) is 0. The Morgan fingerprint density at radius 2 is 1.78 bits per heavy atom. The number of allylic oxidation sites excluding steroid dienone is 1. The van der Waals surface area contributed by atoms with Gasteiger partial charge in [-0.2, -0.15) is 17.6 Å². The lowest BCUT2D eigenvalue weighted by molar-refractivity contribution is -0.253. The zero-order chi connectivity index (χ0) is 17.5. The van der Waals surface area contributed by atoms with Crippen LogP contribution in [0.1, 0.15) is 0 Å². The van der Waals surface area contributed by atoms with E-state index in [1.165, 1.54) is 31.4 Å². The smallest absolute Gasteiger partial charge is 0.422 e. The molecule has 1 heterocycles. The Balaban J connectivity index is 2.43. The zero-order valence-electron chi connectivity index (χ0n) is 11.5. The highest BCUT2D eigenvalue weighted by Crippen LogP contribution is 2.40. The molecule has 1 aliphatic heterocycles. The lowest BCUT2D eigenvalue weighted by Gasteiger charge is -2.24. The first kappa shape index (κ1) is 18.0. The number of alkyl halides is 7. The maximum Gasteiger partial charge on any atom is 0.461 e. The first-order valence-electron chi connectivity index (χ1n) is 6.13. The normalized spacial score (nSPS) is 21.7. The highest BCUT2D eigenvalue weighted by Gasteiger charge is 2.46. The summed E-state index contributed by atoms with van der Waals surface area (Å²) in [6.07, 6.45) is -6.26. The van der Waals surface area contributed by atoms with Crippen LogP contribution in [0.4, 0.5) is 27.6 Å². The Labute approximate surface area is 138 Å². The zero-order valence-corrected chi connectivity index (χ0v) is 13.0. The Morgan fingerprint density at radius 3 is 2.30 bits per heavy atom. The molecule has 1 unspecified atom stereocenters. The molecule has 0 aliphatic carbocycles. The molecule has 1 aromatic carbocycles. The summed E-state index contributed by atoms with van der Waals surface area (Å²) in [7, 11) is 1.38. The second kappa shape index (κ2) is 5.92. The molecule has 0 bridgehead atoms. The number of para-hydroxylation sites is 2. The lowest BCUT2D eigenvalue weighted by Crippen LogP contribution is -2.36. The van der Waals surface area contributed by atoms with E-state index in [4.69, 9.17) is 23.2 Å². The monoisotopic (exact) mass is 375 g/mol. The van der Waals surface area contributed by atoms with Gasteiger partial charge in [-0.3, -0.25) is 0 Å². The molecule has 126 valence electrons. The van der Waals surface area contributed by atoms with Crippen LogP contribution < -0.4 is 9.33 Å². The van der Waals surface area contributed by atoms with Gasteiger partial charge in [0.2, 0.25) is 5.69 Å². The van der Waals surface area contributed by atoms with Crippen LogP contribution in [0, 0.1) is 0 Å².